The third-order valence-electron chi connectivity index (χ3n) is 6.03. The minimum absolute atomic E-state index is 0.119. The fourth-order valence-corrected chi connectivity index (χ4v) is 4.38. The Balaban J connectivity index is 1.65. The lowest BCUT2D eigenvalue weighted by molar-refractivity contribution is 0.0695. The summed E-state index contributed by atoms with van der Waals surface area (Å²) >= 11 is 6.47. The standard InChI is InChI=1S/C23H27ClFN3O3/c1-13(2)26-11-18(24)14-5-7-27(8-6-14)21-10-20-16(9-19(21)25)22(29)17(23(30)31)12-28(20)15-3-4-15/h9-10,12-13,15,26H,3-8,11H2,1-2H3,(H,30,31). The Morgan fingerprint density at radius 3 is 2.55 bits per heavy atom. The number of carbonyl (C=O) groups is 1. The molecule has 1 saturated heterocycles. The molecule has 2 aromatic rings. The molecule has 1 aliphatic heterocycles. The second-order valence-electron chi connectivity index (χ2n) is 8.67. The van der Waals surface area contributed by atoms with Crippen LogP contribution in [0.4, 0.5) is 10.1 Å². The molecule has 166 valence electrons. The van der Waals surface area contributed by atoms with Crippen LogP contribution in [0.15, 0.2) is 33.7 Å². The summed E-state index contributed by atoms with van der Waals surface area (Å²) in [4.78, 5) is 26.1. The third-order valence-corrected chi connectivity index (χ3v) is 6.43. The maximum atomic E-state index is 15.0. The highest BCUT2D eigenvalue weighted by Gasteiger charge is 2.28. The summed E-state index contributed by atoms with van der Waals surface area (Å²) in [5.74, 6) is -1.79. The summed E-state index contributed by atoms with van der Waals surface area (Å²) < 4.78 is 16.9. The third kappa shape index (κ3) is 4.48. The molecular formula is C23H27ClFN3O3. The quantitative estimate of drug-likeness (QED) is 0.691. The van der Waals surface area contributed by atoms with Gasteiger partial charge in [-0.3, -0.25) is 4.79 Å². The van der Waals surface area contributed by atoms with Crippen LogP contribution in [0.3, 0.4) is 0 Å². The van der Waals surface area contributed by atoms with E-state index in [2.05, 4.69) is 19.2 Å². The maximum Gasteiger partial charge on any atom is 0.341 e. The highest BCUT2D eigenvalue weighted by molar-refractivity contribution is 6.30. The van der Waals surface area contributed by atoms with E-state index in [0.717, 1.165) is 30.7 Å². The van der Waals surface area contributed by atoms with Crippen molar-refractivity contribution in [2.24, 2.45) is 0 Å². The second-order valence-corrected chi connectivity index (χ2v) is 9.12. The number of rotatable bonds is 6. The van der Waals surface area contributed by atoms with Gasteiger partial charge in [0, 0.05) is 48.3 Å². The Morgan fingerprint density at radius 2 is 1.97 bits per heavy atom. The highest BCUT2D eigenvalue weighted by atomic mass is 35.5. The van der Waals surface area contributed by atoms with E-state index in [1.54, 1.807) is 6.07 Å². The number of piperidine rings is 1. The van der Waals surface area contributed by atoms with E-state index >= 15 is 4.39 Å². The molecule has 1 saturated carbocycles. The number of fused-ring (bicyclic) bond motifs is 1. The molecule has 0 atom stereocenters. The predicted octanol–water partition coefficient (Wildman–Crippen LogP) is 4.26. The zero-order valence-corrected chi connectivity index (χ0v) is 18.5. The van der Waals surface area contributed by atoms with Crippen molar-refractivity contribution in [2.45, 2.75) is 51.6 Å². The van der Waals surface area contributed by atoms with E-state index < -0.39 is 17.2 Å². The van der Waals surface area contributed by atoms with E-state index in [4.69, 9.17) is 11.6 Å². The highest BCUT2D eigenvalue weighted by Crippen LogP contribution is 2.38. The first kappa shape index (κ1) is 21.8. The molecule has 0 bridgehead atoms. The Hall–Kier alpha value is -2.38. The molecule has 0 spiro atoms. The van der Waals surface area contributed by atoms with E-state index in [0.29, 0.717) is 36.9 Å². The number of nitrogens with one attached hydrogen (secondary N) is 1. The number of pyridine rings is 1. The van der Waals surface area contributed by atoms with Gasteiger partial charge in [0.25, 0.3) is 0 Å². The number of aromatic nitrogens is 1. The van der Waals surface area contributed by atoms with Crippen LogP contribution in [-0.2, 0) is 0 Å². The average molecular weight is 448 g/mol. The van der Waals surface area contributed by atoms with E-state index in [1.807, 2.05) is 9.47 Å². The zero-order valence-electron chi connectivity index (χ0n) is 17.8. The lowest BCUT2D eigenvalue weighted by Gasteiger charge is -2.31. The van der Waals surface area contributed by atoms with Gasteiger partial charge in [-0.1, -0.05) is 31.0 Å². The first-order chi connectivity index (χ1) is 14.8. The summed E-state index contributed by atoms with van der Waals surface area (Å²) in [6.07, 6.45) is 4.76. The Bertz CT molecular complexity index is 1110. The minimum atomic E-state index is -1.29. The molecule has 6 nitrogen and oxygen atoms in total. The van der Waals surface area contributed by atoms with Crippen molar-refractivity contribution in [3.63, 3.8) is 0 Å². The molecule has 2 fully saturated rings. The smallest absolute Gasteiger partial charge is 0.341 e. The number of hydrogen-bond donors (Lipinski definition) is 2. The van der Waals surface area contributed by atoms with Crippen LogP contribution in [0.2, 0.25) is 0 Å². The number of nitrogens with zero attached hydrogens (tertiary/aromatic N) is 2. The molecule has 0 unspecified atom stereocenters. The van der Waals surface area contributed by atoms with E-state index in [1.165, 1.54) is 17.8 Å². The van der Waals surface area contributed by atoms with Crippen molar-refractivity contribution >= 4 is 34.2 Å². The SMILES string of the molecule is CC(C)NCC(Cl)=C1CCN(c2cc3c(cc2F)c(=O)c(C(=O)O)cn3C2CC2)CC1. The molecule has 2 aliphatic rings. The number of benzene rings is 1. The van der Waals surface area contributed by atoms with Crippen LogP contribution >= 0.6 is 11.6 Å². The number of carboxylic acids is 1. The first-order valence-electron chi connectivity index (χ1n) is 10.7. The predicted molar refractivity (Wildman–Crippen MR) is 121 cm³/mol. The van der Waals surface area contributed by atoms with Crippen molar-refractivity contribution in [1.29, 1.82) is 0 Å². The van der Waals surface area contributed by atoms with Gasteiger partial charge in [0.05, 0.1) is 11.2 Å². The summed E-state index contributed by atoms with van der Waals surface area (Å²) in [7, 11) is 0. The Morgan fingerprint density at radius 1 is 1.29 bits per heavy atom. The lowest BCUT2D eigenvalue weighted by Crippen LogP contribution is -2.32. The fraction of sp³-hybridized carbons (Fsp3) is 0.478. The molecule has 8 heteroatoms. The van der Waals surface area contributed by atoms with Crippen LogP contribution in [0.1, 0.15) is 55.9 Å². The summed E-state index contributed by atoms with van der Waals surface area (Å²) in [5, 5.41) is 13.6. The molecule has 2 heterocycles. The van der Waals surface area contributed by atoms with Crippen LogP contribution in [-0.4, -0.2) is 41.3 Å². The van der Waals surface area contributed by atoms with E-state index in [9.17, 15) is 14.7 Å². The Kier molecular flexibility index (Phi) is 6.08. The van der Waals surface area contributed by atoms with Gasteiger partial charge in [0.2, 0.25) is 5.43 Å². The number of halogens is 2. The minimum Gasteiger partial charge on any atom is -0.477 e. The second kappa shape index (κ2) is 8.63. The van der Waals surface area contributed by atoms with Gasteiger partial charge >= 0.3 is 5.97 Å². The molecule has 31 heavy (non-hydrogen) atoms. The molecule has 1 aromatic heterocycles. The van der Waals surface area contributed by atoms with Gasteiger partial charge in [-0.05, 0) is 37.8 Å². The van der Waals surface area contributed by atoms with Crippen molar-refractivity contribution in [3.8, 4) is 0 Å². The summed E-state index contributed by atoms with van der Waals surface area (Å²) in [6, 6.07) is 3.41. The maximum absolute atomic E-state index is 15.0. The van der Waals surface area contributed by atoms with Crippen molar-refractivity contribution in [1.82, 2.24) is 9.88 Å². The first-order valence-corrected chi connectivity index (χ1v) is 11.1. The number of anilines is 1. The van der Waals surface area contributed by atoms with Crippen LogP contribution in [0, 0.1) is 5.82 Å². The summed E-state index contributed by atoms with van der Waals surface area (Å²) in [6.45, 7) is 6.05. The Labute approximate surface area is 185 Å². The van der Waals surface area contributed by atoms with Crippen molar-refractivity contribution in [3.05, 3.63) is 50.5 Å². The van der Waals surface area contributed by atoms with Gasteiger partial charge in [-0.25, -0.2) is 9.18 Å². The van der Waals surface area contributed by atoms with Crippen LogP contribution in [0.25, 0.3) is 10.9 Å². The van der Waals surface area contributed by atoms with Gasteiger partial charge in [-0.15, -0.1) is 0 Å². The van der Waals surface area contributed by atoms with Crippen molar-refractivity contribution < 1.29 is 14.3 Å². The number of aromatic carboxylic acids is 1. The molecule has 4 rings (SSSR count). The van der Waals surface area contributed by atoms with E-state index in [-0.39, 0.29) is 17.0 Å². The lowest BCUT2D eigenvalue weighted by atomic mass is 10.0. The molecule has 0 amide bonds. The molecule has 2 N–H and O–H groups in total. The van der Waals surface area contributed by atoms with Gasteiger partial charge in [-0.2, -0.15) is 0 Å². The zero-order chi connectivity index (χ0) is 22.3. The molecular weight excluding hydrogens is 421 g/mol. The van der Waals surface area contributed by atoms with Gasteiger partial charge < -0.3 is 19.9 Å². The number of carboxylic acid groups (broad SMARTS) is 1. The largest absolute Gasteiger partial charge is 0.477 e. The van der Waals surface area contributed by atoms with Crippen LogP contribution < -0.4 is 15.6 Å². The normalized spacial score (nSPS) is 16.9. The van der Waals surface area contributed by atoms with Gasteiger partial charge in [0.1, 0.15) is 11.4 Å². The molecule has 0 radical (unpaired) electrons. The monoisotopic (exact) mass is 447 g/mol. The average Bonchev–Trinajstić information content (AvgIpc) is 3.57. The summed E-state index contributed by atoms with van der Waals surface area (Å²) in [5.41, 5.74) is 1.27. The molecule has 1 aromatic carbocycles. The fourth-order valence-electron chi connectivity index (χ4n) is 4.12. The van der Waals surface area contributed by atoms with Crippen molar-refractivity contribution in [2.75, 3.05) is 24.5 Å². The molecule has 1 aliphatic carbocycles. The topological polar surface area (TPSA) is 74.6 Å². The van der Waals surface area contributed by atoms with Crippen LogP contribution in [0.5, 0.6) is 0 Å². The van der Waals surface area contributed by atoms with Gasteiger partial charge in [0.15, 0.2) is 0 Å². The number of hydrogen-bond acceptors (Lipinski definition) is 4.